The van der Waals surface area contributed by atoms with Crippen molar-refractivity contribution in [1.82, 2.24) is 9.80 Å². The summed E-state index contributed by atoms with van der Waals surface area (Å²) in [6.07, 6.45) is 1.45. The summed E-state index contributed by atoms with van der Waals surface area (Å²) in [7, 11) is 4.12. The van der Waals surface area contributed by atoms with Crippen molar-refractivity contribution in [3.63, 3.8) is 0 Å². The van der Waals surface area contributed by atoms with Crippen molar-refractivity contribution in [3.05, 3.63) is 0 Å². The third-order valence-electron chi connectivity index (χ3n) is 2.94. The van der Waals surface area contributed by atoms with Gasteiger partial charge in [0.1, 0.15) is 0 Å². The number of nitrogens with zero attached hydrogens (tertiary/aromatic N) is 2. The maximum Gasteiger partial charge on any atom is 0.0524 e. The quantitative estimate of drug-likeness (QED) is 0.663. The molecular formula is C14H34CuN2O2. The summed E-state index contributed by atoms with van der Waals surface area (Å²) in [5, 5.41) is 17.7. The number of hydrogen-bond acceptors (Lipinski definition) is 4. The average Bonchev–Trinajstić information content (AvgIpc) is 2.33. The van der Waals surface area contributed by atoms with E-state index in [1.807, 2.05) is 13.8 Å². The molecule has 0 heterocycles. The molecule has 0 aliphatic heterocycles. The number of rotatable bonds is 8. The van der Waals surface area contributed by atoms with Gasteiger partial charge in [0.15, 0.2) is 0 Å². The molecule has 1 radical (unpaired) electrons. The first kappa shape index (κ1) is 24.4. The molecular weight excluding hydrogens is 292 g/mol. The summed E-state index contributed by atoms with van der Waals surface area (Å²) in [6, 6.07) is 0. The van der Waals surface area contributed by atoms with Crippen LogP contribution in [0, 0.1) is 0 Å². The molecule has 2 N–H and O–H groups in total. The Morgan fingerprint density at radius 1 is 0.789 bits per heavy atom. The molecule has 0 fully saturated rings. The van der Waals surface area contributed by atoms with Crippen LogP contribution in [0.25, 0.3) is 0 Å². The number of aliphatic hydroxyl groups is 2. The zero-order chi connectivity index (χ0) is 14.6. The Morgan fingerprint density at radius 3 is 1.21 bits per heavy atom. The first-order valence-electron chi connectivity index (χ1n) is 7.06. The van der Waals surface area contributed by atoms with Crippen molar-refractivity contribution >= 4 is 0 Å². The van der Waals surface area contributed by atoms with E-state index >= 15 is 0 Å². The average molecular weight is 326 g/mol. The van der Waals surface area contributed by atoms with Gasteiger partial charge in [-0.15, -0.1) is 0 Å². The fourth-order valence-corrected chi connectivity index (χ4v) is 1.13. The second-order valence-electron chi connectivity index (χ2n) is 5.07. The smallest absolute Gasteiger partial charge is 0.0524 e. The van der Waals surface area contributed by atoms with E-state index in [0.717, 1.165) is 39.0 Å². The van der Waals surface area contributed by atoms with Crippen LogP contribution in [0.15, 0.2) is 0 Å². The van der Waals surface area contributed by atoms with Gasteiger partial charge in [-0.25, -0.2) is 0 Å². The summed E-state index contributed by atoms with van der Waals surface area (Å²) in [5.41, 5.74) is 0. The minimum Gasteiger partial charge on any atom is -0.393 e. The van der Waals surface area contributed by atoms with Crippen molar-refractivity contribution < 1.29 is 27.3 Å². The predicted molar refractivity (Wildman–Crippen MR) is 78.9 cm³/mol. The summed E-state index contributed by atoms with van der Waals surface area (Å²) in [6.45, 7) is 12.0. The van der Waals surface area contributed by atoms with Crippen LogP contribution in [0.4, 0.5) is 0 Å². The third-order valence-corrected chi connectivity index (χ3v) is 2.94. The van der Waals surface area contributed by atoms with Crippen molar-refractivity contribution in [2.45, 2.75) is 52.7 Å². The molecule has 0 aromatic rings. The van der Waals surface area contributed by atoms with Gasteiger partial charge in [-0.2, -0.15) is 0 Å². The van der Waals surface area contributed by atoms with Crippen LogP contribution >= 0.6 is 0 Å². The Labute approximate surface area is 130 Å². The van der Waals surface area contributed by atoms with E-state index in [9.17, 15) is 0 Å². The van der Waals surface area contributed by atoms with Crippen molar-refractivity contribution in [1.29, 1.82) is 0 Å². The van der Waals surface area contributed by atoms with Crippen LogP contribution in [-0.2, 0) is 17.1 Å². The Balaban J connectivity index is -0.000000256. The Kier molecular flexibility index (Phi) is 21.1. The van der Waals surface area contributed by atoms with E-state index in [-0.39, 0.29) is 29.3 Å². The molecule has 19 heavy (non-hydrogen) atoms. The molecule has 4 nitrogen and oxygen atoms in total. The topological polar surface area (TPSA) is 46.9 Å². The molecule has 0 aliphatic rings. The molecule has 0 aliphatic carbocycles. The second-order valence-corrected chi connectivity index (χ2v) is 5.07. The minimum atomic E-state index is -0.154. The molecule has 0 saturated heterocycles. The van der Waals surface area contributed by atoms with E-state index in [0.29, 0.717) is 0 Å². The summed E-state index contributed by atoms with van der Waals surface area (Å²) < 4.78 is 0. The van der Waals surface area contributed by atoms with Crippen LogP contribution in [0.1, 0.15) is 40.5 Å². The van der Waals surface area contributed by atoms with Gasteiger partial charge in [-0.1, -0.05) is 13.8 Å². The van der Waals surface area contributed by atoms with Crippen LogP contribution < -0.4 is 0 Å². The van der Waals surface area contributed by atoms with Crippen LogP contribution in [0.5, 0.6) is 0 Å². The molecule has 0 bridgehead atoms. The zero-order valence-corrected chi connectivity index (χ0v) is 14.4. The Bertz CT molecular complexity index is 152. The van der Waals surface area contributed by atoms with E-state index in [1.54, 1.807) is 0 Å². The molecule has 0 saturated carbocycles. The van der Waals surface area contributed by atoms with Gasteiger partial charge in [0.25, 0.3) is 0 Å². The molecule has 2 unspecified atom stereocenters. The largest absolute Gasteiger partial charge is 0.393 e. The molecule has 123 valence electrons. The first-order valence-corrected chi connectivity index (χ1v) is 7.06. The van der Waals surface area contributed by atoms with Crippen LogP contribution in [-0.4, -0.2) is 72.5 Å². The molecule has 0 rings (SSSR count). The molecule has 0 spiro atoms. The SMILES string of the molecule is CCN(C)CCC(C)O.CCN(C)CCC(C)O.[Cu]. The van der Waals surface area contributed by atoms with Crippen LogP contribution in [0.2, 0.25) is 0 Å². The fourth-order valence-electron chi connectivity index (χ4n) is 1.13. The summed E-state index contributed by atoms with van der Waals surface area (Å²) in [5.74, 6) is 0. The van der Waals surface area contributed by atoms with Gasteiger partial charge >= 0.3 is 0 Å². The summed E-state index contributed by atoms with van der Waals surface area (Å²) >= 11 is 0. The molecule has 0 aromatic heterocycles. The van der Waals surface area contributed by atoms with Gasteiger partial charge in [-0.3, -0.25) is 0 Å². The monoisotopic (exact) mass is 325 g/mol. The van der Waals surface area contributed by atoms with E-state index in [4.69, 9.17) is 10.2 Å². The van der Waals surface area contributed by atoms with Crippen molar-refractivity contribution in [2.75, 3.05) is 40.3 Å². The predicted octanol–water partition coefficient (Wildman–Crippen LogP) is 1.42. The van der Waals surface area contributed by atoms with Gasteiger partial charge in [-0.05, 0) is 53.9 Å². The van der Waals surface area contributed by atoms with Crippen LogP contribution in [0.3, 0.4) is 0 Å². The first-order chi connectivity index (χ1) is 8.33. The standard InChI is InChI=1S/2C7H17NO.Cu/c2*1-4-8(3)6-5-7(2)9;/h2*7,9H,4-6H2,1-3H3;. The van der Waals surface area contributed by atoms with E-state index in [1.165, 1.54) is 0 Å². The third kappa shape index (κ3) is 23.8. The van der Waals surface area contributed by atoms with Crippen molar-refractivity contribution in [2.24, 2.45) is 0 Å². The number of hydrogen-bond donors (Lipinski definition) is 2. The normalized spacial score (nSPS) is 13.6. The van der Waals surface area contributed by atoms with E-state index < -0.39 is 0 Å². The Hall–Kier alpha value is 0.359. The maximum absolute atomic E-state index is 8.87. The van der Waals surface area contributed by atoms with Gasteiger partial charge < -0.3 is 20.0 Å². The maximum atomic E-state index is 8.87. The molecule has 5 heteroatoms. The molecule has 0 amide bonds. The molecule has 2 atom stereocenters. The zero-order valence-electron chi connectivity index (χ0n) is 13.5. The number of aliphatic hydroxyl groups excluding tert-OH is 2. The fraction of sp³-hybridized carbons (Fsp3) is 1.00. The van der Waals surface area contributed by atoms with Gasteiger partial charge in [0.05, 0.1) is 12.2 Å². The summed E-state index contributed by atoms with van der Waals surface area (Å²) in [4.78, 5) is 4.37. The Morgan fingerprint density at radius 2 is 1.05 bits per heavy atom. The molecule has 0 aromatic carbocycles. The van der Waals surface area contributed by atoms with Gasteiger partial charge in [0.2, 0.25) is 0 Å². The second kappa shape index (κ2) is 16.4. The van der Waals surface area contributed by atoms with Crippen molar-refractivity contribution in [3.8, 4) is 0 Å². The minimum absolute atomic E-state index is 0. The van der Waals surface area contributed by atoms with Gasteiger partial charge in [0, 0.05) is 30.2 Å². The van der Waals surface area contributed by atoms with E-state index in [2.05, 4.69) is 37.7 Å².